The third-order valence-corrected chi connectivity index (χ3v) is 5.78. The molecule has 12 heteroatoms. The Kier molecular flexibility index (Phi) is 4.76. The lowest BCUT2D eigenvalue weighted by atomic mass is 9.98. The van der Waals surface area contributed by atoms with Gasteiger partial charge < -0.3 is 5.11 Å². The normalized spacial score (nSPS) is 14.3. The van der Waals surface area contributed by atoms with E-state index in [9.17, 15) is 27.5 Å². The first-order valence-electron chi connectivity index (χ1n) is 10.2. The highest BCUT2D eigenvalue weighted by Gasteiger charge is 2.38. The molecule has 33 heavy (non-hydrogen) atoms. The van der Waals surface area contributed by atoms with E-state index < -0.39 is 23.4 Å². The van der Waals surface area contributed by atoms with Crippen molar-refractivity contribution in [3.05, 3.63) is 58.2 Å². The first-order chi connectivity index (χ1) is 15.6. The topological polar surface area (TPSA) is 90.8 Å². The Morgan fingerprint density at radius 2 is 1.88 bits per heavy atom. The van der Waals surface area contributed by atoms with Crippen LogP contribution in [0.15, 0.2) is 35.3 Å². The van der Waals surface area contributed by atoms with Crippen LogP contribution < -0.4 is 5.69 Å². The molecule has 1 saturated carbocycles. The zero-order valence-electron chi connectivity index (χ0n) is 17.3. The monoisotopic (exact) mass is 462 g/mol. The summed E-state index contributed by atoms with van der Waals surface area (Å²) < 4.78 is 60.6. The second-order valence-corrected chi connectivity index (χ2v) is 8.17. The van der Waals surface area contributed by atoms with Crippen molar-refractivity contribution in [1.29, 1.82) is 0 Å². The van der Waals surface area contributed by atoms with Crippen molar-refractivity contribution < 1.29 is 22.7 Å². The molecule has 0 saturated heterocycles. The molecule has 1 N–H and O–H groups in total. The lowest BCUT2D eigenvalue weighted by molar-refractivity contribution is -0.135. The van der Waals surface area contributed by atoms with Gasteiger partial charge in [0, 0.05) is 24.7 Å². The molecule has 3 aromatic heterocycles. The van der Waals surface area contributed by atoms with E-state index >= 15 is 0 Å². The van der Waals surface area contributed by atoms with Crippen LogP contribution in [0.1, 0.15) is 24.1 Å². The van der Waals surface area contributed by atoms with Crippen molar-refractivity contribution >= 4 is 11.0 Å². The summed E-state index contributed by atoms with van der Waals surface area (Å²) in [6.07, 6.45) is -1.63. The summed E-state index contributed by atoms with van der Waals surface area (Å²) in [4.78, 5) is 15.8. The van der Waals surface area contributed by atoms with Gasteiger partial charge in [-0.25, -0.2) is 14.5 Å². The van der Waals surface area contributed by atoms with Gasteiger partial charge >= 0.3 is 11.9 Å². The van der Waals surface area contributed by atoms with Crippen LogP contribution >= 0.6 is 0 Å². The van der Waals surface area contributed by atoms with Crippen molar-refractivity contribution in [3.8, 4) is 17.0 Å². The Bertz CT molecular complexity index is 1430. The maximum atomic E-state index is 14.9. The Hall–Kier alpha value is -3.70. The van der Waals surface area contributed by atoms with Gasteiger partial charge in [0.1, 0.15) is 5.52 Å². The van der Waals surface area contributed by atoms with Gasteiger partial charge in [0.05, 0.1) is 29.5 Å². The van der Waals surface area contributed by atoms with Crippen molar-refractivity contribution in [1.82, 2.24) is 29.1 Å². The van der Waals surface area contributed by atoms with Gasteiger partial charge in [0.2, 0.25) is 11.8 Å². The minimum absolute atomic E-state index is 0.106. The van der Waals surface area contributed by atoms with Gasteiger partial charge in [-0.2, -0.15) is 17.6 Å². The molecule has 0 atom stereocenters. The summed E-state index contributed by atoms with van der Waals surface area (Å²) in [5.41, 5.74) is -2.33. The van der Waals surface area contributed by atoms with Crippen LogP contribution in [-0.4, -0.2) is 34.2 Å². The van der Waals surface area contributed by atoms with E-state index in [2.05, 4.69) is 15.3 Å². The van der Waals surface area contributed by atoms with Crippen molar-refractivity contribution in [3.63, 3.8) is 0 Å². The van der Waals surface area contributed by atoms with E-state index in [1.54, 1.807) is 0 Å². The summed E-state index contributed by atoms with van der Waals surface area (Å²) in [6.45, 7) is 0.331. The fourth-order valence-electron chi connectivity index (χ4n) is 3.85. The van der Waals surface area contributed by atoms with Crippen molar-refractivity contribution in [2.24, 2.45) is 13.0 Å². The fraction of sp³-hybridized carbons (Fsp3) is 0.333. The van der Waals surface area contributed by atoms with Gasteiger partial charge in [0.15, 0.2) is 0 Å². The van der Waals surface area contributed by atoms with Gasteiger partial charge in [-0.15, -0.1) is 5.10 Å². The van der Waals surface area contributed by atoms with E-state index in [4.69, 9.17) is 0 Å². The van der Waals surface area contributed by atoms with E-state index in [0.29, 0.717) is 12.5 Å². The largest absolute Gasteiger partial charge is 0.493 e. The van der Waals surface area contributed by atoms with Crippen LogP contribution in [0.5, 0.6) is 5.88 Å². The molecule has 8 nitrogen and oxygen atoms in total. The molecule has 0 aliphatic heterocycles. The van der Waals surface area contributed by atoms with Gasteiger partial charge in [-0.1, -0.05) is 11.3 Å². The van der Waals surface area contributed by atoms with Gasteiger partial charge in [-0.3, -0.25) is 9.13 Å². The minimum atomic E-state index is -4.80. The number of alkyl halides is 3. The number of rotatable bonds is 5. The third kappa shape index (κ3) is 3.74. The maximum absolute atomic E-state index is 14.9. The third-order valence-electron chi connectivity index (χ3n) is 5.78. The minimum Gasteiger partial charge on any atom is -0.493 e. The molecule has 0 unspecified atom stereocenters. The molecule has 4 aromatic rings. The zero-order valence-corrected chi connectivity index (χ0v) is 17.3. The van der Waals surface area contributed by atoms with E-state index in [-0.39, 0.29) is 40.3 Å². The van der Waals surface area contributed by atoms with Crippen LogP contribution in [0.4, 0.5) is 17.6 Å². The maximum Gasteiger partial charge on any atom is 0.419 e. The van der Waals surface area contributed by atoms with Crippen molar-refractivity contribution in [2.45, 2.75) is 32.1 Å². The van der Waals surface area contributed by atoms with Gasteiger partial charge in [-0.05, 0) is 37.0 Å². The number of nitrogens with zero attached hydrogens (tertiary/aromatic N) is 6. The number of fused-ring (bicyclic) bond motifs is 1. The number of aromatic hydroxyl groups is 1. The smallest absolute Gasteiger partial charge is 0.419 e. The highest BCUT2D eigenvalue weighted by atomic mass is 19.4. The number of benzene rings is 1. The highest BCUT2D eigenvalue weighted by molar-refractivity contribution is 5.87. The van der Waals surface area contributed by atoms with Gasteiger partial charge in [0.25, 0.3) is 0 Å². The molecule has 1 fully saturated rings. The lowest BCUT2D eigenvalue weighted by Gasteiger charge is -2.14. The molecular weight excluding hydrogens is 444 g/mol. The Labute approximate surface area is 183 Å². The first-order valence-corrected chi connectivity index (χ1v) is 10.2. The molecule has 0 radical (unpaired) electrons. The Morgan fingerprint density at radius 1 is 1.15 bits per heavy atom. The molecule has 0 amide bonds. The summed E-state index contributed by atoms with van der Waals surface area (Å²) >= 11 is 0. The summed E-state index contributed by atoms with van der Waals surface area (Å²) in [6, 6.07) is 5.19. The standard InChI is InChI=1S/C21H18F4N6O2/c1-29-16(32)10-30(20(29)33)9-12-4-5-14(19(22)26-12)13-6-7-15-18(17(13)21(23,24)25)27-28-31(15)8-11-2-3-11/h4-7,10-11,32H,2-3,8-9H2,1H3. The first kappa shape index (κ1) is 21.2. The second-order valence-electron chi connectivity index (χ2n) is 8.17. The molecule has 3 heterocycles. The molecule has 1 aliphatic rings. The number of hydrogen-bond acceptors (Lipinski definition) is 5. The summed E-state index contributed by atoms with van der Waals surface area (Å²) in [7, 11) is 1.36. The predicted octanol–water partition coefficient (Wildman–Crippen LogP) is 3.32. The van der Waals surface area contributed by atoms with E-state index in [0.717, 1.165) is 28.2 Å². The molecule has 1 aliphatic carbocycles. The Morgan fingerprint density at radius 3 is 2.48 bits per heavy atom. The summed E-state index contributed by atoms with van der Waals surface area (Å²) in [5.74, 6) is -1.01. The second kappa shape index (κ2) is 7.42. The number of halogens is 4. The fourth-order valence-corrected chi connectivity index (χ4v) is 3.85. The molecular formula is C21H18F4N6O2. The van der Waals surface area contributed by atoms with Crippen LogP contribution in [0.25, 0.3) is 22.2 Å². The van der Waals surface area contributed by atoms with Crippen LogP contribution in [-0.2, 0) is 26.3 Å². The quantitative estimate of drug-likeness (QED) is 0.363. The average Bonchev–Trinajstić information content (AvgIpc) is 3.43. The zero-order chi connectivity index (χ0) is 23.5. The number of imidazole rings is 1. The number of hydrogen-bond donors (Lipinski definition) is 1. The molecule has 0 bridgehead atoms. The van der Waals surface area contributed by atoms with Crippen LogP contribution in [0.3, 0.4) is 0 Å². The number of aromatic nitrogens is 6. The molecule has 5 rings (SSSR count). The van der Waals surface area contributed by atoms with E-state index in [1.807, 2.05) is 0 Å². The predicted molar refractivity (Wildman–Crippen MR) is 109 cm³/mol. The average molecular weight is 462 g/mol. The van der Waals surface area contributed by atoms with E-state index in [1.165, 1.54) is 36.0 Å². The van der Waals surface area contributed by atoms with Crippen molar-refractivity contribution in [2.75, 3.05) is 0 Å². The van der Waals surface area contributed by atoms with Crippen LogP contribution in [0.2, 0.25) is 0 Å². The Balaban J connectivity index is 1.56. The SMILES string of the molecule is Cn1c(O)cn(Cc2ccc(-c3ccc4c(nnn4CC4CC4)c3C(F)(F)F)c(F)n2)c1=O. The number of pyridine rings is 1. The molecule has 172 valence electrons. The highest BCUT2D eigenvalue weighted by Crippen LogP contribution is 2.42. The van der Waals surface area contributed by atoms with Crippen LogP contribution in [0, 0.1) is 11.9 Å². The lowest BCUT2D eigenvalue weighted by Crippen LogP contribution is -2.22. The molecule has 0 spiro atoms. The summed E-state index contributed by atoms with van der Waals surface area (Å²) in [5, 5.41) is 17.3. The molecule has 1 aromatic carbocycles.